The first-order chi connectivity index (χ1) is 14.6. The first kappa shape index (κ1) is 19.9. The molecule has 1 atom stereocenters. The number of terminal acetylenes is 1. The lowest BCUT2D eigenvalue weighted by Gasteiger charge is -2.24. The quantitative estimate of drug-likeness (QED) is 0.577. The van der Waals surface area contributed by atoms with E-state index in [0.717, 1.165) is 33.0 Å². The molecule has 0 saturated heterocycles. The first-order valence-electron chi connectivity index (χ1n) is 9.44. The van der Waals surface area contributed by atoms with Crippen molar-refractivity contribution in [2.45, 2.75) is 12.3 Å². The number of thiophene rings is 1. The van der Waals surface area contributed by atoms with Gasteiger partial charge in [0.25, 0.3) is 0 Å². The molecule has 4 rings (SSSR count). The minimum absolute atomic E-state index is 0.00714. The zero-order valence-corrected chi connectivity index (χ0v) is 17.5. The fourth-order valence-electron chi connectivity index (χ4n) is 3.62. The summed E-state index contributed by atoms with van der Waals surface area (Å²) in [6.45, 7) is 0.168. The largest absolute Gasteiger partial charge is 0.497 e. The molecule has 0 bridgehead atoms. The molecule has 152 valence electrons. The van der Waals surface area contributed by atoms with E-state index >= 15 is 0 Å². The van der Waals surface area contributed by atoms with Gasteiger partial charge in [-0.3, -0.25) is 4.79 Å². The van der Waals surface area contributed by atoms with E-state index in [1.54, 1.807) is 25.6 Å². The van der Waals surface area contributed by atoms with Gasteiger partial charge in [0.1, 0.15) is 12.4 Å². The Hall–Kier alpha value is -3.43. The molecule has 1 aliphatic rings. The van der Waals surface area contributed by atoms with Gasteiger partial charge in [0.05, 0.1) is 19.9 Å². The SMILES string of the molecule is C#CCOc1ccc([C@@H]2CC(=O)Nc3c(-c4ccc(OC)cc4)csc32)cc1OC. The molecule has 0 spiro atoms. The van der Waals surface area contributed by atoms with Crippen LogP contribution >= 0.6 is 11.3 Å². The monoisotopic (exact) mass is 419 g/mol. The van der Waals surface area contributed by atoms with Crippen LogP contribution in [0.2, 0.25) is 0 Å². The lowest BCUT2D eigenvalue weighted by molar-refractivity contribution is -0.116. The highest BCUT2D eigenvalue weighted by Crippen LogP contribution is 2.47. The van der Waals surface area contributed by atoms with Crippen LogP contribution in [-0.2, 0) is 4.79 Å². The summed E-state index contributed by atoms with van der Waals surface area (Å²) in [7, 11) is 3.23. The second kappa shape index (κ2) is 8.52. The van der Waals surface area contributed by atoms with Gasteiger partial charge in [-0.1, -0.05) is 24.1 Å². The van der Waals surface area contributed by atoms with Gasteiger partial charge >= 0.3 is 0 Å². The van der Waals surface area contributed by atoms with Crippen molar-refractivity contribution in [2.75, 3.05) is 26.1 Å². The Labute approximate surface area is 179 Å². The summed E-state index contributed by atoms with van der Waals surface area (Å²) in [5, 5.41) is 5.16. The zero-order valence-electron chi connectivity index (χ0n) is 16.7. The highest BCUT2D eigenvalue weighted by atomic mass is 32.1. The van der Waals surface area contributed by atoms with Crippen LogP contribution in [0.3, 0.4) is 0 Å². The molecule has 6 heteroatoms. The summed E-state index contributed by atoms with van der Waals surface area (Å²) in [6, 6.07) is 13.6. The predicted molar refractivity (Wildman–Crippen MR) is 119 cm³/mol. The summed E-state index contributed by atoms with van der Waals surface area (Å²) in [5.74, 6) is 4.37. The zero-order chi connectivity index (χ0) is 21.1. The van der Waals surface area contributed by atoms with Crippen LogP contribution in [0.1, 0.15) is 22.8 Å². The van der Waals surface area contributed by atoms with E-state index in [2.05, 4.69) is 16.6 Å². The maximum atomic E-state index is 12.5. The van der Waals surface area contributed by atoms with Crippen LogP contribution in [0.4, 0.5) is 5.69 Å². The molecule has 30 heavy (non-hydrogen) atoms. The van der Waals surface area contributed by atoms with Gasteiger partial charge in [0, 0.05) is 28.2 Å². The maximum absolute atomic E-state index is 12.5. The number of ether oxygens (including phenoxy) is 3. The van der Waals surface area contributed by atoms with E-state index in [0.29, 0.717) is 17.9 Å². The van der Waals surface area contributed by atoms with Crippen LogP contribution in [0.5, 0.6) is 17.2 Å². The Kier molecular flexibility index (Phi) is 5.64. The Balaban J connectivity index is 1.72. The standard InChI is InChI=1S/C24H21NO4S/c1-4-11-29-20-10-7-16(12-21(20)28-3)18-13-22(26)25-23-19(14-30-24(18)23)15-5-8-17(27-2)9-6-15/h1,5-10,12,14,18H,11,13H2,2-3H3,(H,25,26)/t18-/m0/s1. The van der Waals surface area contributed by atoms with Crippen molar-refractivity contribution in [2.24, 2.45) is 0 Å². The molecule has 1 aromatic heterocycles. The summed E-state index contributed by atoms with van der Waals surface area (Å²) >= 11 is 1.65. The Morgan fingerprint density at radius 1 is 1.13 bits per heavy atom. The average Bonchev–Trinajstić information content (AvgIpc) is 3.20. The Morgan fingerprint density at radius 2 is 1.93 bits per heavy atom. The molecule has 0 aliphatic carbocycles. The maximum Gasteiger partial charge on any atom is 0.225 e. The topological polar surface area (TPSA) is 56.8 Å². The minimum atomic E-state index is -0.0543. The van der Waals surface area contributed by atoms with E-state index in [1.807, 2.05) is 42.5 Å². The fourth-order valence-corrected chi connectivity index (χ4v) is 4.78. The number of carbonyl (C=O) groups is 1. The predicted octanol–water partition coefficient (Wildman–Crippen LogP) is 4.92. The van der Waals surface area contributed by atoms with E-state index in [4.69, 9.17) is 20.6 Å². The highest BCUT2D eigenvalue weighted by Gasteiger charge is 2.31. The van der Waals surface area contributed by atoms with Gasteiger partial charge < -0.3 is 19.5 Å². The molecule has 1 amide bonds. The molecule has 1 aliphatic heterocycles. The van der Waals surface area contributed by atoms with Gasteiger partial charge in [-0.25, -0.2) is 0 Å². The van der Waals surface area contributed by atoms with Crippen LogP contribution in [0.15, 0.2) is 47.8 Å². The first-order valence-corrected chi connectivity index (χ1v) is 10.3. The second-order valence-corrected chi connectivity index (χ2v) is 7.74. The second-order valence-electron chi connectivity index (χ2n) is 6.83. The molecule has 0 radical (unpaired) electrons. The summed E-state index contributed by atoms with van der Waals surface area (Å²) < 4.78 is 16.3. The molecule has 2 heterocycles. The van der Waals surface area contributed by atoms with Crippen molar-refractivity contribution in [1.29, 1.82) is 0 Å². The summed E-state index contributed by atoms with van der Waals surface area (Å²) in [5.41, 5.74) is 3.92. The summed E-state index contributed by atoms with van der Waals surface area (Å²) in [4.78, 5) is 13.7. The number of amides is 1. The van der Waals surface area contributed by atoms with Crippen molar-refractivity contribution in [3.8, 4) is 40.7 Å². The number of benzene rings is 2. The number of rotatable bonds is 6. The van der Waals surface area contributed by atoms with E-state index in [-0.39, 0.29) is 18.4 Å². The molecule has 2 aromatic carbocycles. The van der Waals surface area contributed by atoms with Gasteiger partial charge in [0.15, 0.2) is 11.5 Å². The Bertz CT molecular complexity index is 1110. The van der Waals surface area contributed by atoms with E-state index in [9.17, 15) is 4.79 Å². The minimum Gasteiger partial charge on any atom is -0.497 e. The van der Waals surface area contributed by atoms with Crippen LogP contribution in [-0.4, -0.2) is 26.7 Å². The van der Waals surface area contributed by atoms with Crippen molar-refractivity contribution < 1.29 is 19.0 Å². The van der Waals surface area contributed by atoms with Crippen molar-refractivity contribution >= 4 is 22.9 Å². The lowest BCUT2D eigenvalue weighted by Crippen LogP contribution is -2.22. The van der Waals surface area contributed by atoms with Gasteiger partial charge in [-0.2, -0.15) is 0 Å². The van der Waals surface area contributed by atoms with E-state index < -0.39 is 0 Å². The normalized spacial score (nSPS) is 15.0. The van der Waals surface area contributed by atoms with Crippen molar-refractivity contribution in [3.63, 3.8) is 0 Å². The van der Waals surface area contributed by atoms with Crippen LogP contribution < -0.4 is 19.5 Å². The van der Waals surface area contributed by atoms with Gasteiger partial charge in [-0.15, -0.1) is 17.8 Å². The van der Waals surface area contributed by atoms with Crippen molar-refractivity contribution in [3.05, 3.63) is 58.3 Å². The number of fused-ring (bicyclic) bond motifs is 1. The third-order valence-corrected chi connectivity index (χ3v) is 6.19. The lowest BCUT2D eigenvalue weighted by atomic mass is 9.89. The molecule has 5 nitrogen and oxygen atoms in total. The number of hydrogen-bond acceptors (Lipinski definition) is 5. The third kappa shape index (κ3) is 3.72. The van der Waals surface area contributed by atoms with Crippen LogP contribution in [0, 0.1) is 12.3 Å². The molecule has 1 N–H and O–H groups in total. The third-order valence-electron chi connectivity index (χ3n) is 5.09. The molecule has 3 aromatic rings. The van der Waals surface area contributed by atoms with Gasteiger partial charge in [0.2, 0.25) is 5.91 Å². The number of methoxy groups -OCH3 is 2. The average molecular weight is 420 g/mol. The molecule has 0 saturated carbocycles. The van der Waals surface area contributed by atoms with Crippen LogP contribution in [0.25, 0.3) is 11.1 Å². The number of carbonyl (C=O) groups excluding carboxylic acids is 1. The smallest absolute Gasteiger partial charge is 0.225 e. The number of nitrogens with one attached hydrogen (secondary N) is 1. The van der Waals surface area contributed by atoms with E-state index in [1.165, 1.54) is 0 Å². The fraction of sp³-hybridized carbons (Fsp3) is 0.208. The highest BCUT2D eigenvalue weighted by molar-refractivity contribution is 7.11. The molecular weight excluding hydrogens is 398 g/mol. The van der Waals surface area contributed by atoms with Crippen molar-refractivity contribution in [1.82, 2.24) is 0 Å². The summed E-state index contributed by atoms with van der Waals surface area (Å²) in [6.07, 6.45) is 5.66. The Morgan fingerprint density at radius 3 is 2.63 bits per heavy atom. The molecular formula is C24H21NO4S. The molecule has 0 unspecified atom stereocenters. The number of hydrogen-bond donors (Lipinski definition) is 1. The molecule has 0 fully saturated rings. The number of anilines is 1. The van der Waals surface area contributed by atoms with Gasteiger partial charge in [-0.05, 0) is 35.4 Å².